The van der Waals surface area contributed by atoms with Gasteiger partial charge in [-0.25, -0.2) is 9.78 Å². The monoisotopic (exact) mass is 779 g/mol. The number of rotatable bonds is 11. The lowest BCUT2D eigenvalue weighted by Crippen LogP contribution is -2.53. The number of likely N-dealkylation sites (N-methyl/N-ethyl adjacent to an activating group) is 1. The molecule has 3 fully saturated rings. The van der Waals surface area contributed by atoms with Gasteiger partial charge < -0.3 is 34.6 Å². The van der Waals surface area contributed by atoms with Crippen LogP contribution in [-0.2, 0) is 9.59 Å². The Labute approximate surface area is 341 Å². The molecule has 0 saturated carbocycles. The van der Waals surface area contributed by atoms with Crippen LogP contribution in [0.2, 0.25) is 0 Å². The van der Waals surface area contributed by atoms with Gasteiger partial charge in [0.1, 0.15) is 24.2 Å². The Balaban J connectivity index is 0.871. The summed E-state index contributed by atoms with van der Waals surface area (Å²) < 4.78 is 6.28. The lowest BCUT2D eigenvalue weighted by atomic mass is 9.99. The number of H-pyrrole nitrogens is 1. The number of imidazole rings is 1. The van der Waals surface area contributed by atoms with Gasteiger partial charge >= 0.3 is 6.03 Å². The van der Waals surface area contributed by atoms with Crippen molar-refractivity contribution in [3.63, 3.8) is 0 Å². The van der Waals surface area contributed by atoms with Gasteiger partial charge in [-0.1, -0.05) is 97.1 Å². The van der Waals surface area contributed by atoms with Gasteiger partial charge in [0.15, 0.2) is 0 Å². The molecule has 300 valence electrons. The average Bonchev–Trinajstić information content (AvgIpc) is 4.07. The molecule has 4 aromatic carbocycles. The zero-order valence-electron chi connectivity index (χ0n) is 33.4. The van der Waals surface area contributed by atoms with Crippen LogP contribution in [0.1, 0.15) is 67.6 Å². The number of hydrogen-bond donors (Lipinski definition) is 2. The summed E-state index contributed by atoms with van der Waals surface area (Å²) in [5.41, 5.74) is 5.90. The van der Waals surface area contributed by atoms with Crippen LogP contribution in [0.5, 0.6) is 5.75 Å². The van der Waals surface area contributed by atoms with Crippen molar-refractivity contribution in [2.75, 3.05) is 52.9 Å². The number of nitrogens with one attached hydrogen (secondary N) is 2. The number of carbonyl (C=O) groups excluding carboxylic acids is 3. The van der Waals surface area contributed by atoms with Crippen LogP contribution in [0.15, 0.2) is 115 Å². The minimum absolute atomic E-state index is 0.0595. The van der Waals surface area contributed by atoms with Gasteiger partial charge in [-0.2, -0.15) is 0 Å². The van der Waals surface area contributed by atoms with Crippen molar-refractivity contribution >= 4 is 17.8 Å². The topological polar surface area (TPSA) is 114 Å². The number of nitrogens with zero attached hydrogens (tertiary/aromatic N) is 5. The smallest absolute Gasteiger partial charge is 0.318 e. The zero-order valence-corrected chi connectivity index (χ0v) is 33.4. The first-order valence-corrected chi connectivity index (χ1v) is 20.7. The van der Waals surface area contributed by atoms with Gasteiger partial charge in [0, 0.05) is 39.3 Å². The number of aromatic nitrogens is 2. The largest absolute Gasteiger partial charge is 0.491 e. The molecule has 0 spiro atoms. The van der Waals surface area contributed by atoms with Crippen molar-refractivity contribution in [2.45, 2.75) is 56.7 Å². The Morgan fingerprint density at radius 1 is 0.724 bits per heavy atom. The Morgan fingerprint density at radius 3 is 2.02 bits per heavy atom. The van der Waals surface area contributed by atoms with Crippen LogP contribution in [0.4, 0.5) is 4.79 Å². The average molecular weight is 780 g/mol. The molecular weight excluding hydrogens is 727 g/mol. The normalized spacial score (nSPS) is 19.5. The Bertz CT molecular complexity index is 2150. The summed E-state index contributed by atoms with van der Waals surface area (Å²) >= 11 is 0. The van der Waals surface area contributed by atoms with Crippen LogP contribution < -0.4 is 10.1 Å². The molecule has 0 aliphatic carbocycles. The Kier molecular flexibility index (Phi) is 11.9. The van der Waals surface area contributed by atoms with Gasteiger partial charge in [0.05, 0.1) is 29.9 Å². The SMILES string of the molecule is C[C@@H](C(=O)N1CCC[C@H]1c1ncc(-c2ccc(-c3ccc(OC[C@@H]4CCCN4C(=O)[C@H](NC(=O)N4CCN(C)CC4)c4ccccc4)cc3)cc2)[nH]1)c1ccccc1. The minimum atomic E-state index is -0.766. The minimum Gasteiger partial charge on any atom is -0.491 e. The molecule has 4 heterocycles. The molecular formula is C47H53N7O4. The van der Waals surface area contributed by atoms with Crippen molar-refractivity contribution in [3.8, 4) is 28.1 Å². The molecule has 0 radical (unpaired) electrons. The lowest BCUT2D eigenvalue weighted by Gasteiger charge is -2.34. The lowest BCUT2D eigenvalue weighted by molar-refractivity contribution is -0.135. The van der Waals surface area contributed by atoms with E-state index in [1.807, 2.05) is 95.7 Å². The number of amides is 4. The van der Waals surface area contributed by atoms with Gasteiger partial charge in [-0.15, -0.1) is 0 Å². The highest BCUT2D eigenvalue weighted by atomic mass is 16.5. The molecule has 5 aromatic rings. The van der Waals surface area contributed by atoms with Crippen molar-refractivity contribution in [1.29, 1.82) is 0 Å². The second-order valence-electron chi connectivity index (χ2n) is 15.8. The molecule has 3 saturated heterocycles. The van der Waals surface area contributed by atoms with E-state index in [1.165, 1.54) is 0 Å². The van der Waals surface area contributed by atoms with Gasteiger partial charge in [-0.3, -0.25) is 9.59 Å². The standard InChI is InChI=1S/C47H53N7O4/c1-33(34-11-5-3-6-12-34)45(55)54-26-10-16-42(54)44-48-31-41(49-44)37-19-17-35(18-20-37)36-21-23-40(24-22-36)58-32-39-15-9-25-53(39)46(56)43(38-13-7-4-8-14-38)50-47(57)52-29-27-51(2)28-30-52/h3-8,11-14,17-24,31,33,39,42-43H,9-10,15-16,25-30,32H2,1-2H3,(H,48,49)(H,50,57)/t33-,39+,42+,43-/m1/s1. The fourth-order valence-electron chi connectivity index (χ4n) is 8.50. The number of aromatic amines is 1. The van der Waals surface area contributed by atoms with E-state index in [1.54, 1.807) is 4.90 Å². The second-order valence-corrected chi connectivity index (χ2v) is 15.8. The van der Waals surface area contributed by atoms with E-state index in [-0.39, 0.29) is 35.8 Å². The number of benzene rings is 4. The van der Waals surface area contributed by atoms with E-state index in [0.717, 1.165) is 90.4 Å². The number of ether oxygens (including phenoxy) is 1. The van der Waals surface area contributed by atoms with Crippen molar-refractivity contribution in [2.24, 2.45) is 0 Å². The van der Waals surface area contributed by atoms with E-state index in [9.17, 15) is 14.4 Å². The van der Waals surface area contributed by atoms with Crippen LogP contribution >= 0.6 is 0 Å². The van der Waals surface area contributed by atoms with Crippen molar-refractivity contribution in [1.82, 2.24) is 34.9 Å². The fraction of sp³-hybridized carbons (Fsp3) is 0.362. The summed E-state index contributed by atoms with van der Waals surface area (Å²) in [5, 5.41) is 3.07. The first-order chi connectivity index (χ1) is 28.3. The van der Waals surface area contributed by atoms with Crippen LogP contribution in [0.25, 0.3) is 22.4 Å². The summed E-state index contributed by atoms with van der Waals surface area (Å²) in [4.78, 5) is 57.1. The van der Waals surface area contributed by atoms with Gasteiger partial charge in [-0.05, 0) is 79.6 Å². The molecule has 0 bridgehead atoms. The molecule has 1 aromatic heterocycles. The fourth-order valence-corrected chi connectivity index (χ4v) is 8.50. The zero-order chi connectivity index (χ0) is 40.0. The maximum atomic E-state index is 14.1. The van der Waals surface area contributed by atoms with Crippen molar-refractivity contribution < 1.29 is 19.1 Å². The highest BCUT2D eigenvalue weighted by Crippen LogP contribution is 2.35. The van der Waals surface area contributed by atoms with Gasteiger partial charge in [0.2, 0.25) is 11.8 Å². The Morgan fingerprint density at radius 2 is 1.33 bits per heavy atom. The quantitative estimate of drug-likeness (QED) is 0.146. The van der Waals surface area contributed by atoms with E-state index in [0.29, 0.717) is 26.2 Å². The first-order valence-electron chi connectivity index (χ1n) is 20.7. The number of urea groups is 1. The molecule has 0 unspecified atom stereocenters. The van der Waals surface area contributed by atoms with Crippen LogP contribution in [0, 0.1) is 0 Å². The predicted octanol–water partition coefficient (Wildman–Crippen LogP) is 7.28. The summed E-state index contributed by atoms with van der Waals surface area (Å²) in [7, 11) is 2.05. The summed E-state index contributed by atoms with van der Waals surface area (Å²) in [6.45, 7) is 6.61. The number of likely N-dealkylation sites (tertiary alicyclic amines) is 2. The molecule has 11 heteroatoms. The molecule has 11 nitrogen and oxygen atoms in total. The van der Waals surface area contributed by atoms with Crippen molar-refractivity contribution in [3.05, 3.63) is 132 Å². The third-order valence-corrected chi connectivity index (χ3v) is 12.0. The maximum Gasteiger partial charge on any atom is 0.318 e. The highest BCUT2D eigenvalue weighted by Gasteiger charge is 2.37. The van der Waals surface area contributed by atoms with E-state index >= 15 is 0 Å². The summed E-state index contributed by atoms with van der Waals surface area (Å²) in [6.07, 6.45) is 5.44. The van der Waals surface area contributed by atoms with Crippen LogP contribution in [-0.4, -0.2) is 106 Å². The number of piperazine rings is 1. The van der Waals surface area contributed by atoms with Crippen LogP contribution in [0.3, 0.4) is 0 Å². The number of carbonyl (C=O) groups is 3. The number of hydrogen-bond acceptors (Lipinski definition) is 6. The third kappa shape index (κ3) is 8.64. The molecule has 8 rings (SSSR count). The van der Waals surface area contributed by atoms with E-state index in [4.69, 9.17) is 9.72 Å². The second kappa shape index (κ2) is 17.7. The van der Waals surface area contributed by atoms with E-state index in [2.05, 4.69) is 58.6 Å². The maximum absolute atomic E-state index is 14.1. The first kappa shape index (κ1) is 38.9. The summed E-state index contributed by atoms with van der Waals surface area (Å²) in [5.74, 6) is 1.40. The molecule has 58 heavy (non-hydrogen) atoms. The molecule has 3 aliphatic rings. The third-order valence-electron chi connectivity index (χ3n) is 12.0. The molecule has 3 aliphatic heterocycles. The highest BCUT2D eigenvalue weighted by molar-refractivity contribution is 5.89. The predicted molar refractivity (Wildman–Crippen MR) is 225 cm³/mol. The molecule has 2 N–H and O–H groups in total. The molecule has 4 amide bonds. The Hall–Kier alpha value is -5.94. The summed E-state index contributed by atoms with van der Waals surface area (Å²) in [6, 6.07) is 34.8. The van der Waals surface area contributed by atoms with Gasteiger partial charge in [0.25, 0.3) is 0 Å². The van der Waals surface area contributed by atoms with E-state index < -0.39 is 6.04 Å². The molecule has 4 atom stereocenters.